The summed E-state index contributed by atoms with van der Waals surface area (Å²) in [6.07, 6.45) is 6.50. The highest BCUT2D eigenvalue weighted by Crippen LogP contribution is 2.48. The van der Waals surface area contributed by atoms with E-state index in [0.29, 0.717) is 11.3 Å². The molecule has 3 aliphatic rings. The monoisotopic (exact) mass is 261 g/mol. The number of carbonyl (C=O) groups is 1. The van der Waals surface area contributed by atoms with Gasteiger partial charge in [0.25, 0.3) is 0 Å². The summed E-state index contributed by atoms with van der Waals surface area (Å²) in [5.74, 6) is 1.24. The average Bonchev–Trinajstić information content (AvgIpc) is 2.96. The van der Waals surface area contributed by atoms with E-state index >= 15 is 0 Å². The number of likely N-dealkylation sites (tertiary alicyclic amines) is 2. The second-order valence-corrected chi connectivity index (χ2v) is 6.29. The minimum Gasteiger partial charge on any atom is -0.324 e. The van der Waals surface area contributed by atoms with E-state index in [-0.39, 0.29) is 6.03 Å². The number of amides is 2. The fourth-order valence-electron chi connectivity index (χ4n) is 3.66. The molecule has 0 radical (unpaired) electrons. The van der Waals surface area contributed by atoms with E-state index in [1.165, 1.54) is 25.6 Å². The first kappa shape index (κ1) is 11.3. The summed E-state index contributed by atoms with van der Waals surface area (Å²) in [4.78, 5) is 20.6. The molecule has 2 saturated heterocycles. The van der Waals surface area contributed by atoms with Gasteiger partial charge in [0, 0.05) is 37.5 Å². The maximum atomic E-state index is 12.4. The average molecular weight is 261 g/mol. The van der Waals surface area contributed by atoms with Gasteiger partial charge in [0.05, 0.1) is 0 Å². The molecule has 1 aromatic heterocycles. The van der Waals surface area contributed by atoms with E-state index in [0.717, 1.165) is 38.4 Å². The van der Waals surface area contributed by atoms with Crippen LogP contribution in [0.3, 0.4) is 0 Å². The smallest absolute Gasteiger partial charge is 0.320 e. The van der Waals surface area contributed by atoms with Crippen LogP contribution in [0.1, 0.15) is 37.4 Å². The molecular formula is C13H19N5O. The number of nitrogens with zero attached hydrogens (tertiary/aromatic N) is 4. The summed E-state index contributed by atoms with van der Waals surface area (Å²) in [5, 5.41) is 6.80. The lowest BCUT2D eigenvalue weighted by molar-refractivity contribution is -0.0395. The predicted octanol–water partition coefficient (Wildman–Crippen LogP) is 1.20. The van der Waals surface area contributed by atoms with Crippen molar-refractivity contribution in [3.63, 3.8) is 0 Å². The minimum atomic E-state index is 0.222. The van der Waals surface area contributed by atoms with E-state index < -0.39 is 0 Å². The zero-order valence-electron chi connectivity index (χ0n) is 11.0. The highest BCUT2D eigenvalue weighted by Gasteiger charge is 2.50. The van der Waals surface area contributed by atoms with E-state index in [2.05, 4.69) is 15.2 Å². The Kier molecular flexibility index (Phi) is 2.34. The van der Waals surface area contributed by atoms with Crippen molar-refractivity contribution in [2.75, 3.05) is 26.2 Å². The first-order valence-corrected chi connectivity index (χ1v) is 7.15. The summed E-state index contributed by atoms with van der Waals surface area (Å²) in [7, 11) is 0. The summed E-state index contributed by atoms with van der Waals surface area (Å²) < 4.78 is 0. The molecule has 1 aromatic rings. The van der Waals surface area contributed by atoms with Crippen LogP contribution in [0, 0.1) is 5.41 Å². The number of rotatable bonds is 1. The van der Waals surface area contributed by atoms with Crippen molar-refractivity contribution >= 4 is 6.03 Å². The molecule has 1 saturated carbocycles. The fraction of sp³-hybridized carbons (Fsp3) is 0.769. The topological polar surface area (TPSA) is 65.1 Å². The van der Waals surface area contributed by atoms with Crippen LogP contribution < -0.4 is 0 Å². The van der Waals surface area contributed by atoms with Crippen molar-refractivity contribution in [2.24, 2.45) is 5.41 Å². The quantitative estimate of drug-likeness (QED) is 0.826. The Bertz CT molecular complexity index is 473. The lowest BCUT2D eigenvalue weighted by Crippen LogP contribution is -2.63. The van der Waals surface area contributed by atoms with Crippen LogP contribution in [0.4, 0.5) is 4.79 Å². The van der Waals surface area contributed by atoms with Gasteiger partial charge in [0.1, 0.15) is 12.2 Å². The van der Waals surface area contributed by atoms with Crippen molar-refractivity contribution in [1.82, 2.24) is 25.0 Å². The van der Waals surface area contributed by atoms with Gasteiger partial charge >= 0.3 is 6.03 Å². The number of carbonyl (C=O) groups excluding carboxylic acids is 1. The van der Waals surface area contributed by atoms with Crippen LogP contribution in [-0.4, -0.2) is 57.2 Å². The molecule has 1 spiro atoms. The Morgan fingerprint density at radius 2 is 2.21 bits per heavy atom. The predicted molar refractivity (Wildman–Crippen MR) is 68.6 cm³/mol. The van der Waals surface area contributed by atoms with Crippen LogP contribution in [0.5, 0.6) is 0 Å². The first-order valence-electron chi connectivity index (χ1n) is 7.15. The molecule has 6 heteroatoms. The van der Waals surface area contributed by atoms with Crippen molar-refractivity contribution in [3.8, 4) is 0 Å². The van der Waals surface area contributed by atoms with Gasteiger partial charge in [0.2, 0.25) is 0 Å². The molecule has 0 bridgehead atoms. The lowest BCUT2D eigenvalue weighted by atomic mass is 9.64. The van der Waals surface area contributed by atoms with Gasteiger partial charge < -0.3 is 9.80 Å². The number of hydrogen-bond donors (Lipinski definition) is 1. The number of aromatic nitrogens is 3. The van der Waals surface area contributed by atoms with Gasteiger partial charge in [-0.05, 0) is 19.3 Å². The van der Waals surface area contributed by atoms with E-state index in [1.54, 1.807) is 0 Å². The van der Waals surface area contributed by atoms with Crippen molar-refractivity contribution < 1.29 is 4.79 Å². The Labute approximate surface area is 112 Å². The molecule has 2 aliphatic heterocycles. The molecule has 0 aromatic carbocycles. The maximum Gasteiger partial charge on any atom is 0.320 e. The van der Waals surface area contributed by atoms with E-state index in [9.17, 15) is 4.79 Å². The molecule has 102 valence electrons. The first-order chi connectivity index (χ1) is 9.26. The van der Waals surface area contributed by atoms with Crippen LogP contribution >= 0.6 is 0 Å². The third-order valence-electron chi connectivity index (χ3n) is 5.02. The molecule has 1 atom stereocenters. The lowest BCUT2D eigenvalue weighted by Gasteiger charge is -2.56. The largest absolute Gasteiger partial charge is 0.324 e. The third kappa shape index (κ3) is 1.73. The van der Waals surface area contributed by atoms with Gasteiger partial charge in [-0.1, -0.05) is 6.42 Å². The van der Waals surface area contributed by atoms with Crippen LogP contribution in [0.25, 0.3) is 0 Å². The second kappa shape index (κ2) is 3.95. The number of hydrogen-bond acceptors (Lipinski definition) is 3. The normalized spacial score (nSPS) is 28.3. The molecule has 3 heterocycles. The summed E-state index contributed by atoms with van der Waals surface area (Å²) in [6.45, 7) is 3.58. The highest BCUT2D eigenvalue weighted by atomic mass is 16.2. The Balaban J connectivity index is 1.35. The van der Waals surface area contributed by atoms with Crippen molar-refractivity contribution in [3.05, 3.63) is 12.2 Å². The van der Waals surface area contributed by atoms with Crippen LogP contribution in [-0.2, 0) is 0 Å². The second-order valence-electron chi connectivity index (χ2n) is 6.29. The molecule has 1 N–H and O–H groups in total. The highest BCUT2D eigenvalue weighted by molar-refractivity contribution is 5.76. The van der Waals surface area contributed by atoms with Crippen LogP contribution in [0.15, 0.2) is 6.33 Å². The van der Waals surface area contributed by atoms with Gasteiger partial charge in [-0.25, -0.2) is 9.78 Å². The summed E-state index contributed by atoms with van der Waals surface area (Å²) >= 11 is 0. The standard InChI is InChI=1S/C13H19N5O/c19-12(18-7-13(8-18)3-1-4-13)17-5-2-10(6-17)11-14-9-15-16-11/h9-10H,1-8H2,(H,14,15,16)/t10-/m0/s1. The molecule has 2 amide bonds. The maximum absolute atomic E-state index is 12.4. The van der Waals surface area contributed by atoms with Crippen LogP contribution in [0.2, 0.25) is 0 Å². The Hall–Kier alpha value is -1.59. The van der Waals surface area contributed by atoms with Gasteiger partial charge in [-0.15, -0.1) is 0 Å². The molecule has 6 nitrogen and oxygen atoms in total. The molecule has 4 rings (SSSR count). The van der Waals surface area contributed by atoms with Crippen molar-refractivity contribution in [1.29, 1.82) is 0 Å². The third-order valence-corrected chi connectivity index (χ3v) is 5.02. The number of urea groups is 1. The van der Waals surface area contributed by atoms with E-state index in [4.69, 9.17) is 0 Å². The van der Waals surface area contributed by atoms with Gasteiger partial charge in [-0.2, -0.15) is 5.10 Å². The molecule has 1 aliphatic carbocycles. The molecular weight excluding hydrogens is 242 g/mol. The number of nitrogens with one attached hydrogen (secondary N) is 1. The Morgan fingerprint density at radius 3 is 2.84 bits per heavy atom. The molecule has 3 fully saturated rings. The fourth-order valence-corrected chi connectivity index (χ4v) is 3.66. The van der Waals surface area contributed by atoms with Gasteiger partial charge in [0.15, 0.2) is 0 Å². The number of H-pyrrole nitrogens is 1. The Morgan fingerprint density at radius 1 is 1.37 bits per heavy atom. The van der Waals surface area contributed by atoms with E-state index in [1.807, 2.05) is 9.80 Å². The van der Waals surface area contributed by atoms with Gasteiger partial charge in [-0.3, -0.25) is 5.10 Å². The zero-order chi connectivity index (χ0) is 12.9. The molecule has 0 unspecified atom stereocenters. The van der Waals surface area contributed by atoms with Crippen molar-refractivity contribution in [2.45, 2.75) is 31.6 Å². The summed E-state index contributed by atoms with van der Waals surface area (Å²) in [5.41, 5.74) is 0.514. The minimum absolute atomic E-state index is 0.222. The molecule has 19 heavy (non-hydrogen) atoms. The summed E-state index contributed by atoms with van der Waals surface area (Å²) in [6, 6.07) is 0.222. The number of aromatic amines is 1. The zero-order valence-corrected chi connectivity index (χ0v) is 11.0. The SMILES string of the molecule is O=C(N1CC[C@H](c2ncn[nH]2)C1)N1CC2(CCC2)C1.